The predicted molar refractivity (Wildman–Crippen MR) is 133 cm³/mol. The van der Waals surface area contributed by atoms with Crippen molar-refractivity contribution in [1.29, 1.82) is 0 Å². The molecule has 10 nitrogen and oxygen atoms in total. The summed E-state index contributed by atoms with van der Waals surface area (Å²) in [7, 11) is -4.49. The van der Waals surface area contributed by atoms with Crippen molar-refractivity contribution in [2.75, 3.05) is 6.61 Å². The van der Waals surface area contributed by atoms with Crippen LogP contribution in [0, 0.1) is 6.92 Å². The molecule has 2 fully saturated rings. The number of aliphatic hydroxyl groups is 1. The highest BCUT2D eigenvalue weighted by Crippen LogP contribution is 2.50. The van der Waals surface area contributed by atoms with Crippen LogP contribution in [0.4, 0.5) is 0 Å². The first kappa shape index (κ1) is 25.9. The van der Waals surface area contributed by atoms with Gasteiger partial charge >= 0.3 is 16.3 Å². The fraction of sp³-hybridized carbons (Fsp3) is 0.360. The van der Waals surface area contributed by atoms with Crippen molar-refractivity contribution < 1.29 is 36.7 Å². The lowest BCUT2D eigenvalue weighted by Crippen LogP contribution is -2.67. The topological polar surface area (TPSA) is 126 Å². The number of thioether (sulfide) groups is 1. The fourth-order valence-corrected chi connectivity index (χ4v) is 6.66. The standard InChI is InChI=1S/C25H26N2O8S2/c1-16-8-10-19(11-9-16)36-24-21(33-17(2)28)23(35-37(30,31)27-13-12-26-15-27)25(29)20(34-24)14-32-22(25)18-6-4-3-5-7-18/h3-13,15,20-24,29H,14H2,1-2H3/t20-,21-,22?,23-,24+,25-/m1/s1. The second-order valence-electron chi connectivity index (χ2n) is 8.88. The van der Waals surface area contributed by atoms with Gasteiger partial charge in [0.05, 0.1) is 6.61 Å². The van der Waals surface area contributed by atoms with Crippen LogP contribution >= 0.6 is 11.8 Å². The molecule has 2 aliphatic rings. The predicted octanol–water partition coefficient (Wildman–Crippen LogP) is 2.62. The lowest BCUT2D eigenvalue weighted by atomic mass is 9.79. The summed E-state index contributed by atoms with van der Waals surface area (Å²) in [5.74, 6) is -0.686. The second kappa shape index (κ2) is 10.2. The maximum atomic E-state index is 13.2. The fourth-order valence-electron chi connectivity index (χ4n) is 4.58. The Morgan fingerprint density at radius 1 is 1.19 bits per heavy atom. The summed E-state index contributed by atoms with van der Waals surface area (Å²) >= 11 is 1.24. The molecule has 1 aromatic heterocycles. The average Bonchev–Trinajstić information content (AvgIpc) is 3.52. The number of esters is 1. The van der Waals surface area contributed by atoms with Crippen LogP contribution in [-0.2, 0) is 33.5 Å². The molecule has 37 heavy (non-hydrogen) atoms. The number of hydrogen-bond donors (Lipinski definition) is 1. The second-order valence-corrected chi connectivity index (χ2v) is 11.5. The number of aromatic nitrogens is 2. The number of hydrogen-bond acceptors (Lipinski definition) is 10. The van der Waals surface area contributed by atoms with Crippen LogP contribution < -0.4 is 0 Å². The molecule has 3 heterocycles. The molecule has 0 amide bonds. The van der Waals surface area contributed by atoms with Crippen LogP contribution in [0.3, 0.4) is 0 Å². The maximum absolute atomic E-state index is 13.2. The SMILES string of the molecule is CC(=O)O[C@@H]1[C@@H](OS(=O)(=O)n2ccnc2)[C@]2(O)C(c3ccccc3)OC[C@H]2O[C@H]1Sc1ccc(C)cc1. The molecule has 6 atom stereocenters. The van der Waals surface area contributed by atoms with E-state index in [1.165, 1.54) is 31.1 Å². The van der Waals surface area contributed by atoms with Gasteiger partial charge in [0.1, 0.15) is 24.0 Å². The summed E-state index contributed by atoms with van der Waals surface area (Å²) in [5.41, 5.74) is -1.27. The van der Waals surface area contributed by atoms with E-state index in [0.29, 0.717) is 5.56 Å². The number of carbonyl (C=O) groups is 1. The molecule has 0 aliphatic carbocycles. The number of imidazole rings is 1. The Labute approximate surface area is 218 Å². The van der Waals surface area contributed by atoms with Crippen molar-refractivity contribution in [1.82, 2.24) is 8.96 Å². The van der Waals surface area contributed by atoms with E-state index in [4.69, 9.17) is 18.4 Å². The molecule has 5 rings (SSSR count). The van der Waals surface area contributed by atoms with Gasteiger partial charge in [-0.25, -0.2) is 13.1 Å². The van der Waals surface area contributed by atoms with E-state index in [1.54, 1.807) is 24.3 Å². The molecule has 0 saturated carbocycles. The quantitative estimate of drug-likeness (QED) is 0.442. The third kappa shape index (κ3) is 5.05. The zero-order valence-electron chi connectivity index (χ0n) is 20.0. The van der Waals surface area contributed by atoms with Crippen molar-refractivity contribution in [2.45, 2.75) is 54.2 Å². The van der Waals surface area contributed by atoms with Crippen molar-refractivity contribution in [3.8, 4) is 0 Å². The number of benzene rings is 2. The molecule has 0 bridgehead atoms. The first-order valence-electron chi connectivity index (χ1n) is 11.5. The van der Waals surface area contributed by atoms with Gasteiger partial charge in [-0.3, -0.25) is 4.79 Å². The summed E-state index contributed by atoms with van der Waals surface area (Å²) in [6.45, 7) is 3.13. The summed E-state index contributed by atoms with van der Waals surface area (Å²) < 4.78 is 50.8. The minimum atomic E-state index is -4.49. The van der Waals surface area contributed by atoms with Gasteiger partial charge in [0.15, 0.2) is 17.8 Å². The number of rotatable bonds is 7. The molecule has 1 N–H and O–H groups in total. The largest absolute Gasteiger partial charge is 0.456 e. The zero-order valence-corrected chi connectivity index (χ0v) is 21.7. The van der Waals surface area contributed by atoms with Crippen molar-refractivity contribution in [3.63, 3.8) is 0 Å². The smallest absolute Gasteiger partial charge is 0.367 e. The molecule has 1 unspecified atom stereocenters. The Morgan fingerprint density at radius 3 is 2.57 bits per heavy atom. The normalized spacial score (nSPS) is 29.5. The molecule has 196 valence electrons. The van der Waals surface area contributed by atoms with Crippen LogP contribution in [0.5, 0.6) is 0 Å². The summed E-state index contributed by atoms with van der Waals surface area (Å²) in [6, 6.07) is 16.5. The minimum Gasteiger partial charge on any atom is -0.456 e. The average molecular weight is 547 g/mol. The van der Waals surface area contributed by atoms with E-state index in [-0.39, 0.29) is 6.61 Å². The Hall–Kier alpha value is -2.74. The van der Waals surface area contributed by atoms with Gasteiger partial charge in [0.25, 0.3) is 0 Å². The van der Waals surface area contributed by atoms with E-state index in [9.17, 15) is 18.3 Å². The Morgan fingerprint density at radius 2 is 1.92 bits per heavy atom. The first-order valence-corrected chi connectivity index (χ1v) is 13.8. The Balaban J connectivity index is 1.59. The summed E-state index contributed by atoms with van der Waals surface area (Å²) in [5, 5.41) is 12.2. The lowest BCUT2D eigenvalue weighted by molar-refractivity contribution is -0.244. The van der Waals surface area contributed by atoms with Crippen LogP contribution in [0.15, 0.2) is 78.2 Å². The van der Waals surface area contributed by atoms with Gasteiger partial charge in [-0.05, 0) is 24.6 Å². The van der Waals surface area contributed by atoms with Gasteiger partial charge in [-0.2, -0.15) is 8.42 Å². The van der Waals surface area contributed by atoms with E-state index in [0.717, 1.165) is 20.8 Å². The highest BCUT2D eigenvalue weighted by atomic mass is 32.2. The zero-order chi connectivity index (χ0) is 26.2. The van der Waals surface area contributed by atoms with Crippen molar-refractivity contribution >= 4 is 28.0 Å². The molecular weight excluding hydrogens is 520 g/mol. The molecule has 0 spiro atoms. The molecule has 12 heteroatoms. The summed E-state index contributed by atoms with van der Waals surface area (Å²) in [6.07, 6.45) is -1.31. The number of carbonyl (C=O) groups excluding carboxylic acids is 1. The monoisotopic (exact) mass is 546 g/mol. The maximum Gasteiger partial charge on any atom is 0.367 e. The van der Waals surface area contributed by atoms with E-state index in [1.807, 2.05) is 37.3 Å². The number of nitrogens with zero attached hydrogens (tertiary/aromatic N) is 2. The third-order valence-electron chi connectivity index (χ3n) is 6.31. The summed E-state index contributed by atoms with van der Waals surface area (Å²) in [4.78, 5) is 16.8. The third-order valence-corrected chi connectivity index (χ3v) is 8.65. The molecule has 3 aromatic rings. The van der Waals surface area contributed by atoms with E-state index in [2.05, 4.69) is 4.98 Å². The van der Waals surface area contributed by atoms with E-state index < -0.39 is 51.7 Å². The van der Waals surface area contributed by atoms with Crippen LogP contribution in [-0.4, -0.2) is 64.4 Å². The van der Waals surface area contributed by atoms with Crippen LogP contribution in [0.25, 0.3) is 0 Å². The molecule has 2 aliphatic heterocycles. The molecular formula is C25H26N2O8S2. The Bertz CT molecular complexity index is 1330. The molecule has 2 saturated heterocycles. The van der Waals surface area contributed by atoms with Crippen molar-refractivity contribution in [2.24, 2.45) is 0 Å². The molecule has 2 aromatic carbocycles. The minimum absolute atomic E-state index is 0.0290. The lowest BCUT2D eigenvalue weighted by Gasteiger charge is -2.48. The molecule has 0 radical (unpaired) electrons. The van der Waals surface area contributed by atoms with E-state index >= 15 is 0 Å². The number of fused-ring (bicyclic) bond motifs is 1. The van der Waals surface area contributed by atoms with Gasteiger partial charge in [-0.1, -0.05) is 59.8 Å². The highest BCUT2D eigenvalue weighted by Gasteiger charge is 2.66. The van der Waals surface area contributed by atoms with Gasteiger partial charge in [0, 0.05) is 24.2 Å². The van der Waals surface area contributed by atoms with Gasteiger partial charge < -0.3 is 19.3 Å². The van der Waals surface area contributed by atoms with Crippen molar-refractivity contribution in [3.05, 3.63) is 84.4 Å². The van der Waals surface area contributed by atoms with Crippen LogP contribution in [0.2, 0.25) is 0 Å². The van der Waals surface area contributed by atoms with Gasteiger partial charge in [-0.15, -0.1) is 0 Å². The first-order chi connectivity index (χ1) is 17.7. The number of ether oxygens (including phenoxy) is 3. The highest BCUT2D eigenvalue weighted by molar-refractivity contribution is 7.99. The van der Waals surface area contributed by atoms with Gasteiger partial charge in [0.2, 0.25) is 0 Å². The number of aryl methyl sites for hydroxylation is 1. The Kier molecular flexibility index (Phi) is 7.14. The van der Waals surface area contributed by atoms with Crippen LogP contribution in [0.1, 0.15) is 24.2 Å².